The fourth-order valence-corrected chi connectivity index (χ4v) is 3.15. The van der Waals surface area contributed by atoms with E-state index in [-0.39, 0.29) is 0 Å². The van der Waals surface area contributed by atoms with E-state index in [4.69, 9.17) is 11.6 Å². The lowest BCUT2D eigenvalue weighted by Gasteiger charge is -2.16. The highest BCUT2D eigenvalue weighted by Gasteiger charge is 2.15. The Labute approximate surface area is 113 Å². The first-order valence-corrected chi connectivity index (χ1v) is 7.16. The van der Waals surface area contributed by atoms with Crippen LogP contribution in [0.5, 0.6) is 0 Å². The summed E-state index contributed by atoms with van der Waals surface area (Å²) in [5.74, 6) is 0. The lowest BCUT2D eigenvalue weighted by molar-refractivity contribution is 0.322. The van der Waals surface area contributed by atoms with E-state index in [1.807, 2.05) is 6.07 Å². The van der Waals surface area contributed by atoms with Crippen LogP contribution < -0.4 is 0 Å². The first kappa shape index (κ1) is 12.1. The van der Waals surface area contributed by atoms with Crippen molar-refractivity contribution in [3.8, 4) is 0 Å². The Kier molecular flexibility index (Phi) is 3.31. The van der Waals surface area contributed by atoms with Crippen molar-refractivity contribution in [1.29, 1.82) is 0 Å². The third-order valence-electron chi connectivity index (χ3n) is 3.85. The van der Waals surface area contributed by atoms with Gasteiger partial charge in [-0.1, -0.05) is 11.6 Å². The van der Waals surface area contributed by atoms with E-state index >= 15 is 0 Å². The van der Waals surface area contributed by atoms with Gasteiger partial charge in [-0.05, 0) is 57.1 Å². The topological polar surface area (TPSA) is 8.17 Å². The minimum absolute atomic E-state index is 0.823. The molecule has 1 aliphatic heterocycles. The Hall–Kier alpha value is -0.990. The number of nitrogens with zero attached hydrogens (tertiary/aromatic N) is 2. The molecule has 0 unspecified atom stereocenters. The zero-order valence-corrected chi connectivity index (χ0v) is 11.6. The van der Waals surface area contributed by atoms with Crippen LogP contribution in [-0.2, 0) is 13.1 Å². The summed E-state index contributed by atoms with van der Waals surface area (Å²) in [5, 5.41) is 2.09. The van der Waals surface area contributed by atoms with E-state index in [0.717, 1.165) is 18.1 Å². The third kappa shape index (κ3) is 2.15. The van der Waals surface area contributed by atoms with Crippen molar-refractivity contribution in [2.24, 2.45) is 0 Å². The lowest BCUT2D eigenvalue weighted by atomic mass is 10.2. The molecule has 3 rings (SSSR count). The number of hydrogen-bond donors (Lipinski definition) is 0. The molecule has 96 valence electrons. The summed E-state index contributed by atoms with van der Waals surface area (Å²) in [5.41, 5.74) is 2.72. The van der Waals surface area contributed by atoms with Gasteiger partial charge in [-0.25, -0.2) is 0 Å². The summed E-state index contributed by atoms with van der Waals surface area (Å²) in [4.78, 5) is 2.54. The van der Waals surface area contributed by atoms with Crippen molar-refractivity contribution in [3.05, 3.63) is 35.0 Å². The Morgan fingerprint density at radius 2 is 1.94 bits per heavy atom. The van der Waals surface area contributed by atoms with E-state index in [1.54, 1.807) is 0 Å². The van der Waals surface area contributed by atoms with Crippen molar-refractivity contribution in [2.75, 3.05) is 13.1 Å². The van der Waals surface area contributed by atoms with Gasteiger partial charge in [0.25, 0.3) is 0 Å². The van der Waals surface area contributed by atoms with E-state index in [2.05, 4.69) is 34.6 Å². The largest absolute Gasteiger partial charge is 0.344 e. The van der Waals surface area contributed by atoms with Crippen LogP contribution in [0.15, 0.2) is 24.3 Å². The van der Waals surface area contributed by atoms with Crippen molar-refractivity contribution < 1.29 is 0 Å². The van der Waals surface area contributed by atoms with E-state index < -0.39 is 0 Å². The highest BCUT2D eigenvalue weighted by atomic mass is 35.5. The molecule has 0 N–H and O–H groups in total. The molecule has 0 saturated carbocycles. The smallest absolute Gasteiger partial charge is 0.0483 e. The maximum atomic E-state index is 6.07. The summed E-state index contributed by atoms with van der Waals surface area (Å²) in [6.07, 6.45) is 2.69. The zero-order chi connectivity index (χ0) is 12.5. The average molecular weight is 263 g/mol. The predicted octanol–water partition coefficient (Wildman–Crippen LogP) is 3.91. The van der Waals surface area contributed by atoms with Crippen molar-refractivity contribution in [1.82, 2.24) is 9.47 Å². The van der Waals surface area contributed by atoms with Crippen LogP contribution in [0.4, 0.5) is 0 Å². The van der Waals surface area contributed by atoms with Gasteiger partial charge in [-0.2, -0.15) is 0 Å². The van der Waals surface area contributed by atoms with E-state index in [1.165, 1.54) is 42.5 Å². The number of aryl methyl sites for hydroxylation is 1. The molecular weight excluding hydrogens is 244 g/mol. The molecule has 18 heavy (non-hydrogen) atoms. The van der Waals surface area contributed by atoms with Crippen LogP contribution in [0.3, 0.4) is 0 Å². The van der Waals surface area contributed by atoms with E-state index in [9.17, 15) is 0 Å². The SMILES string of the molecule is CCn1c(CN2CCCC2)cc2cc(Cl)ccc21. The second-order valence-electron chi connectivity index (χ2n) is 5.07. The van der Waals surface area contributed by atoms with Gasteiger partial charge >= 0.3 is 0 Å². The number of aromatic nitrogens is 1. The van der Waals surface area contributed by atoms with Crippen LogP contribution in [0, 0.1) is 0 Å². The Bertz CT molecular complexity index is 553. The number of benzene rings is 1. The Morgan fingerprint density at radius 3 is 2.67 bits per heavy atom. The second-order valence-corrected chi connectivity index (χ2v) is 5.50. The van der Waals surface area contributed by atoms with Crippen LogP contribution in [0.2, 0.25) is 5.02 Å². The third-order valence-corrected chi connectivity index (χ3v) is 4.08. The molecule has 0 amide bonds. The van der Waals surface area contributed by atoms with Gasteiger partial charge in [0.1, 0.15) is 0 Å². The van der Waals surface area contributed by atoms with Gasteiger partial charge in [0.2, 0.25) is 0 Å². The molecule has 2 nitrogen and oxygen atoms in total. The number of fused-ring (bicyclic) bond motifs is 1. The number of rotatable bonds is 3. The maximum absolute atomic E-state index is 6.07. The molecule has 1 aromatic carbocycles. The monoisotopic (exact) mass is 262 g/mol. The summed E-state index contributed by atoms with van der Waals surface area (Å²) in [6.45, 7) is 6.79. The van der Waals surface area contributed by atoms with Gasteiger partial charge in [-0.3, -0.25) is 4.90 Å². The van der Waals surface area contributed by atoms with Crippen LogP contribution in [0.1, 0.15) is 25.5 Å². The molecule has 1 aliphatic rings. The molecular formula is C15H19ClN2. The zero-order valence-electron chi connectivity index (χ0n) is 10.8. The molecule has 3 heteroatoms. The number of halogens is 1. The molecule has 1 saturated heterocycles. The highest BCUT2D eigenvalue weighted by molar-refractivity contribution is 6.31. The number of hydrogen-bond acceptors (Lipinski definition) is 1. The molecule has 1 fully saturated rings. The predicted molar refractivity (Wildman–Crippen MR) is 77.1 cm³/mol. The minimum atomic E-state index is 0.823. The standard InChI is InChI=1S/C15H19ClN2/c1-2-18-14(11-17-7-3-4-8-17)10-12-9-13(16)5-6-15(12)18/h5-6,9-10H,2-4,7-8,11H2,1H3. The molecule has 1 aromatic heterocycles. The van der Waals surface area contributed by atoms with E-state index in [0.29, 0.717) is 0 Å². The molecule has 2 heterocycles. The molecule has 0 radical (unpaired) electrons. The molecule has 0 atom stereocenters. The van der Waals surface area contributed by atoms with Gasteiger partial charge < -0.3 is 4.57 Å². The Balaban J connectivity index is 1.99. The quantitative estimate of drug-likeness (QED) is 0.814. The first-order valence-electron chi connectivity index (χ1n) is 6.78. The Morgan fingerprint density at radius 1 is 1.17 bits per heavy atom. The summed E-state index contributed by atoms with van der Waals surface area (Å²) < 4.78 is 2.41. The summed E-state index contributed by atoms with van der Waals surface area (Å²) in [7, 11) is 0. The van der Waals surface area contributed by atoms with Gasteiger partial charge in [0.05, 0.1) is 0 Å². The molecule has 2 aromatic rings. The van der Waals surface area contributed by atoms with Crippen LogP contribution in [0.25, 0.3) is 10.9 Å². The average Bonchev–Trinajstić information content (AvgIpc) is 2.96. The fraction of sp³-hybridized carbons (Fsp3) is 0.467. The highest BCUT2D eigenvalue weighted by Crippen LogP contribution is 2.25. The van der Waals surface area contributed by atoms with Crippen LogP contribution in [-0.4, -0.2) is 22.6 Å². The summed E-state index contributed by atoms with van der Waals surface area (Å²) in [6, 6.07) is 8.48. The molecule has 0 bridgehead atoms. The first-order chi connectivity index (χ1) is 8.78. The van der Waals surface area contributed by atoms with Gasteiger partial charge in [-0.15, -0.1) is 0 Å². The van der Waals surface area contributed by atoms with Crippen molar-refractivity contribution in [3.63, 3.8) is 0 Å². The fourth-order valence-electron chi connectivity index (χ4n) is 2.97. The normalized spacial score (nSPS) is 16.8. The maximum Gasteiger partial charge on any atom is 0.0483 e. The summed E-state index contributed by atoms with van der Waals surface area (Å²) >= 11 is 6.07. The lowest BCUT2D eigenvalue weighted by Crippen LogP contribution is -2.20. The number of likely N-dealkylation sites (tertiary alicyclic amines) is 1. The molecule has 0 aliphatic carbocycles. The van der Waals surface area contributed by atoms with Gasteiger partial charge in [0, 0.05) is 34.7 Å². The van der Waals surface area contributed by atoms with Crippen LogP contribution >= 0.6 is 11.6 Å². The van der Waals surface area contributed by atoms with Crippen molar-refractivity contribution in [2.45, 2.75) is 32.9 Å². The molecule has 0 spiro atoms. The van der Waals surface area contributed by atoms with Gasteiger partial charge in [0.15, 0.2) is 0 Å². The minimum Gasteiger partial charge on any atom is -0.344 e. The van der Waals surface area contributed by atoms with Crippen molar-refractivity contribution >= 4 is 22.5 Å². The second kappa shape index (κ2) is 4.94.